The van der Waals surface area contributed by atoms with Crippen LogP contribution in [0.4, 0.5) is 0 Å². The maximum Gasteiger partial charge on any atom is 0.251 e. The van der Waals surface area contributed by atoms with Crippen LogP contribution in [0.25, 0.3) is 0 Å². The highest BCUT2D eigenvalue weighted by molar-refractivity contribution is 6.29. The van der Waals surface area contributed by atoms with Gasteiger partial charge in [-0.2, -0.15) is 0 Å². The van der Waals surface area contributed by atoms with Gasteiger partial charge in [0.2, 0.25) is 0 Å². The van der Waals surface area contributed by atoms with Gasteiger partial charge in [0.05, 0.1) is 6.10 Å². The van der Waals surface area contributed by atoms with Crippen molar-refractivity contribution in [2.24, 2.45) is 0 Å². The van der Waals surface area contributed by atoms with Crippen LogP contribution in [-0.4, -0.2) is 34.7 Å². The molecule has 0 saturated carbocycles. The number of fused-ring (bicyclic) bond motifs is 1. The molecule has 0 radical (unpaired) electrons. The van der Waals surface area contributed by atoms with Crippen molar-refractivity contribution in [3.05, 3.63) is 64.4 Å². The number of aliphatic hydroxyl groups excluding tert-OH is 1. The first-order chi connectivity index (χ1) is 11.1. The van der Waals surface area contributed by atoms with Gasteiger partial charge in [-0.25, -0.2) is 4.98 Å². The van der Waals surface area contributed by atoms with Crippen LogP contribution in [0.3, 0.4) is 0 Å². The fourth-order valence-corrected chi connectivity index (χ4v) is 2.91. The molecule has 0 unspecified atom stereocenters. The fourth-order valence-electron chi connectivity index (χ4n) is 2.74. The number of aromatic nitrogens is 1. The summed E-state index contributed by atoms with van der Waals surface area (Å²) in [7, 11) is 0. The van der Waals surface area contributed by atoms with Gasteiger partial charge in [-0.15, -0.1) is 0 Å². The molecule has 0 spiro atoms. The summed E-state index contributed by atoms with van der Waals surface area (Å²) in [4.78, 5) is 15.9. The van der Waals surface area contributed by atoms with E-state index in [0.29, 0.717) is 5.56 Å². The van der Waals surface area contributed by atoms with E-state index in [1.807, 2.05) is 12.1 Å². The third kappa shape index (κ3) is 3.88. The number of amides is 1. The van der Waals surface area contributed by atoms with Crippen molar-refractivity contribution in [3.63, 3.8) is 0 Å². The summed E-state index contributed by atoms with van der Waals surface area (Å²) in [5, 5.41) is 16.6. The van der Waals surface area contributed by atoms with Crippen molar-refractivity contribution in [2.45, 2.75) is 25.1 Å². The Morgan fingerprint density at radius 2 is 2.17 bits per heavy atom. The van der Waals surface area contributed by atoms with Crippen LogP contribution in [0, 0.1) is 0 Å². The Hall–Kier alpha value is -1.95. The van der Waals surface area contributed by atoms with Gasteiger partial charge >= 0.3 is 0 Å². The van der Waals surface area contributed by atoms with Gasteiger partial charge in [0.15, 0.2) is 0 Å². The Balaban J connectivity index is 1.56. The van der Waals surface area contributed by atoms with Crippen LogP contribution in [-0.2, 0) is 13.0 Å². The van der Waals surface area contributed by atoms with E-state index in [1.54, 1.807) is 6.07 Å². The number of benzene rings is 1. The monoisotopic (exact) mass is 331 g/mol. The van der Waals surface area contributed by atoms with E-state index in [0.717, 1.165) is 13.0 Å². The van der Waals surface area contributed by atoms with E-state index in [9.17, 15) is 9.90 Å². The quantitative estimate of drug-likeness (QED) is 0.743. The lowest BCUT2D eigenvalue weighted by molar-refractivity contribution is 0.0870. The maximum atomic E-state index is 12.1. The number of carbonyl (C=O) groups is 1. The number of rotatable bonds is 4. The normalized spacial score (nSPS) is 18.1. The molecule has 2 heterocycles. The van der Waals surface area contributed by atoms with Crippen LogP contribution < -0.4 is 10.6 Å². The Bertz CT molecular complexity index is 708. The zero-order chi connectivity index (χ0) is 16.2. The molecule has 0 aliphatic carbocycles. The standard InChI is InChI=1S/C17H18ClN3O2/c18-16-8-12(5-6-19-16)17(23)21-10-15(22)14-7-11-3-1-2-4-13(11)9-20-14/h1-6,8,14-15,20,22H,7,9-10H2,(H,21,23)/t14-,15+/m0/s1. The number of aliphatic hydroxyl groups is 1. The van der Waals surface area contributed by atoms with Crippen molar-refractivity contribution in [1.82, 2.24) is 15.6 Å². The van der Waals surface area contributed by atoms with Gasteiger partial charge in [0, 0.05) is 30.9 Å². The lowest BCUT2D eigenvalue weighted by Crippen LogP contribution is -2.49. The number of hydrogen-bond donors (Lipinski definition) is 3. The van der Waals surface area contributed by atoms with Crippen LogP contribution in [0.1, 0.15) is 21.5 Å². The minimum atomic E-state index is -0.662. The zero-order valence-corrected chi connectivity index (χ0v) is 13.3. The van der Waals surface area contributed by atoms with E-state index in [2.05, 4.69) is 27.8 Å². The molecule has 1 aliphatic rings. The molecule has 3 N–H and O–H groups in total. The molecule has 3 rings (SSSR count). The second kappa shape index (κ2) is 7.08. The number of halogens is 1. The first kappa shape index (κ1) is 15.9. The van der Waals surface area contributed by atoms with Crippen LogP contribution in [0.15, 0.2) is 42.6 Å². The van der Waals surface area contributed by atoms with Gasteiger partial charge in [0.1, 0.15) is 5.15 Å². The highest BCUT2D eigenvalue weighted by Gasteiger charge is 2.24. The van der Waals surface area contributed by atoms with Crippen LogP contribution in [0.5, 0.6) is 0 Å². The smallest absolute Gasteiger partial charge is 0.251 e. The lowest BCUT2D eigenvalue weighted by atomic mass is 9.93. The van der Waals surface area contributed by atoms with E-state index < -0.39 is 6.10 Å². The second-order valence-corrected chi connectivity index (χ2v) is 5.99. The van der Waals surface area contributed by atoms with E-state index >= 15 is 0 Å². The molecule has 1 aromatic heterocycles. The lowest BCUT2D eigenvalue weighted by Gasteiger charge is -2.30. The molecule has 2 atom stereocenters. The van der Waals surface area contributed by atoms with Crippen molar-refractivity contribution < 1.29 is 9.90 Å². The van der Waals surface area contributed by atoms with Gasteiger partial charge in [-0.1, -0.05) is 35.9 Å². The molecule has 5 nitrogen and oxygen atoms in total. The first-order valence-electron chi connectivity index (χ1n) is 7.51. The molecule has 23 heavy (non-hydrogen) atoms. The summed E-state index contributed by atoms with van der Waals surface area (Å²) in [6.45, 7) is 0.907. The third-order valence-electron chi connectivity index (χ3n) is 4.04. The summed E-state index contributed by atoms with van der Waals surface area (Å²) in [5.74, 6) is -0.274. The number of carbonyl (C=O) groups excluding carboxylic acids is 1. The Morgan fingerprint density at radius 3 is 2.96 bits per heavy atom. The van der Waals surface area contributed by atoms with Crippen molar-refractivity contribution >= 4 is 17.5 Å². The average molecular weight is 332 g/mol. The first-order valence-corrected chi connectivity index (χ1v) is 7.89. The Morgan fingerprint density at radius 1 is 1.39 bits per heavy atom. The number of hydrogen-bond acceptors (Lipinski definition) is 4. The molecular weight excluding hydrogens is 314 g/mol. The summed E-state index contributed by atoms with van der Waals surface area (Å²) >= 11 is 5.77. The van der Waals surface area contributed by atoms with Gasteiger partial charge in [-0.3, -0.25) is 4.79 Å². The van der Waals surface area contributed by atoms with Crippen LogP contribution in [0.2, 0.25) is 5.15 Å². The average Bonchev–Trinajstić information content (AvgIpc) is 2.59. The summed E-state index contributed by atoms with van der Waals surface area (Å²) < 4.78 is 0. The largest absolute Gasteiger partial charge is 0.390 e. The number of nitrogens with one attached hydrogen (secondary N) is 2. The molecule has 0 bridgehead atoms. The molecular formula is C17H18ClN3O2. The van der Waals surface area contributed by atoms with Gasteiger partial charge < -0.3 is 15.7 Å². The molecule has 0 fully saturated rings. The predicted octanol–water partition coefficient (Wildman–Crippen LogP) is 1.54. The summed E-state index contributed by atoms with van der Waals surface area (Å²) in [6.07, 6.45) is 1.56. The van der Waals surface area contributed by atoms with E-state index in [1.165, 1.54) is 23.4 Å². The third-order valence-corrected chi connectivity index (χ3v) is 4.24. The Labute approximate surface area is 139 Å². The van der Waals surface area contributed by atoms with Crippen molar-refractivity contribution in [1.29, 1.82) is 0 Å². The van der Waals surface area contributed by atoms with E-state index in [4.69, 9.17) is 11.6 Å². The Kier molecular flexibility index (Phi) is 4.91. The molecule has 120 valence electrons. The van der Waals surface area contributed by atoms with Crippen molar-refractivity contribution in [2.75, 3.05) is 6.54 Å². The molecule has 1 aliphatic heterocycles. The fraction of sp³-hybridized carbons (Fsp3) is 0.294. The topological polar surface area (TPSA) is 74.2 Å². The SMILES string of the molecule is O=C(NC[C@@H](O)[C@@H]1Cc2ccccc2CN1)c1ccnc(Cl)c1. The highest BCUT2D eigenvalue weighted by atomic mass is 35.5. The summed E-state index contributed by atoms with van der Waals surface area (Å²) in [5.41, 5.74) is 2.92. The predicted molar refractivity (Wildman–Crippen MR) is 88.4 cm³/mol. The number of pyridine rings is 1. The van der Waals surface area contributed by atoms with E-state index in [-0.39, 0.29) is 23.6 Å². The maximum absolute atomic E-state index is 12.1. The number of nitrogens with zero attached hydrogens (tertiary/aromatic N) is 1. The molecule has 1 aromatic carbocycles. The van der Waals surface area contributed by atoms with Gasteiger partial charge in [0.25, 0.3) is 5.91 Å². The summed E-state index contributed by atoms with van der Waals surface area (Å²) in [6, 6.07) is 11.2. The second-order valence-electron chi connectivity index (χ2n) is 5.60. The molecule has 0 saturated heterocycles. The zero-order valence-electron chi connectivity index (χ0n) is 12.5. The molecule has 2 aromatic rings. The minimum absolute atomic E-state index is 0.0776. The van der Waals surface area contributed by atoms with Gasteiger partial charge in [-0.05, 0) is 29.7 Å². The minimum Gasteiger partial charge on any atom is -0.390 e. The van der Waals surface area contributed by atoms with Crippen molar-refractivity contribution in [3.8, 4) is 0 Å². The van der Waals surface area contributed by atoms with Crippen LogP contribution >= 0.6 is 11.6 Å². The molecule has 1 amide bonds. The molecule has 6 heteroatoms. The highest BCUT2D eigenvalue weighted by Crippen LogP contribution is 2.17.